The van der Waals surface area contributed by atoms with Gasteiger partial charge in [-0.2, -0.15) is 4.98 Å². The van der Waals surface area contributed by atoms with Crippen molar-refractivity contribution in [3.8, 4) is 11.6 Å². The maximum atomic E-state index is 5.94. The van der Waals surface area contributed by atoms with E-state index in [0.717, 1.165) is 16.9 Å². The van der Waals surface area contributed by atoms with Crippen molar-refractivity contribution >= 4 is 11.6 Å². The first-order valence-corrected chi connectivity index (χ1v) is 6.83. The van der Waals surface area contributed by atoms with E-state index >= 15 is 0 Å². The van der Waals surface area contributed by atoms with Crippen LogP contribution in [-0.4, -0.2) is 16.6 Å². The minimum Gasteiger partial charge on any atom is -0.485 e. The Hall–Kier alpha value is -1.81. The highest BCUT2D eigenvalue weighted by Crippen LogP contribution is 2.23. The fraction of sp³-hybridized carbons (Fsp3) is 0.333. The predicted molar refractivity (Wildman–Crippen MR) is 78.5 cm³/mol. The van der Waals surface area contributed by atoms with E-state index in [1.165, 1.54) is 0 Å². The summed E-state index contributed by atoms with van der Waals surface area (Å²) in [5.74, 6) is 1.82. The molecule has 0 spiro atoms. The van der Waals surface area contributed by atoms with Crippen LogP contribution in [0.1, 0.15) is 23.9 Å². The van der Waals surface area contributed by atoms with Gasteiger partial charge in [-0.25, -0.2) is 4.98 Å². The normalized spacial score (nSPS) is 10.4. The molecule has 2 aromatic rings. The molecule has 4 nitrogen and oxygen atoms in total. The van der Waals surface area contributed by atoms with Crippen molar-refractivity contribution in [3.05, 3.63) is 46.4 Å². The largest absolute Gasteiger partial charge is 0.485 e. The Morgan fingerprint density at radius 1 is 1.10 bits per heavy atom. The number of para-hydroxylation sites is 1. The van der Waals surface area contributed by atoms with Crippen molar-refractivity contribution in [2.45, 2.75) is 27.4 Å². The number of nitrogens with zero attached hydrogens (tertiary/aromatic N) is 2. The number of rotatable bonds is 5. The van der Waals surface area contributed by atoms with Gasteiger partial charge in [-0.1, -0.05) is 29.8 Å². The Morgan fingerprint density at radius 2 is 1.80 bits per heavy atom. The van der Waals surface area contributed by atoms with E-state index in [1.807, 2.05) is 39.0 Å². The maximum absolute atomic E-state index is 5.94. The van der Waals surface area contributed by atoms with Crippen LogP contribution >= 0.6 is 11.6 Å². The summed E-state index contributed by atoms with van der Waals surface area (Å²) in [4.78, 5) is 8.39. The number of hydrogen-bond donors (Lipinski definition) is 0. The Kier molecular flexibility index (Phi) is 4.79. The predicted octanol–water partition coefficient (Wildman–Crippen LogP) is 3.72. The highest BCUT2D eigenvalue weighted by atomic mass is 35.5. The van der Waals surface area contributed by atoms with Gasteiger partial charge in [-0.15, -0.1) is 0 Å². The van der Waals surface area contributed by atoms with E-state index in [0.29, 0.717) is 23.5 Å². The lowest BCUT2D eigenvalue weighted by Gasteiger charge is -2.11. The van der Waals surface area contributed by atoms with Crippen LogP contribution in [0.5, 0.6) is 11.6 Å². The smallest absolute Gasteiger partial charge is 0.218 e. The van der Waals surface area contributed by atoms with Crippen LogP contribution in [0.4, 0.5) is 0 Å². The molecule has 2 rings (SSSR count). The Labute approximate surface area is 123 Å². The summed E-state index contributed by atoms with van der Waals surface area (Å²) < 4.78 is 11.1. The molecular weight excluding hydrogens is 276 g/mol. The van der Waals surface area contributed by atoms with Crippen LogP contribution in [-0.2, 0) is 6.61 Å². The second-order valence-corrected chi connectivity index (χ2v) is 4.78. The number of ether oxygens (including phenoxy) is 2. The summed E-state index contributed by atoms with van der Waals surface area (Å²) in [7, 11) is 0. The molecule has 1 aromatic carbocycles. The number of halogens is 1. The van der Waals surface area contributed by atoms with Crippen molar-refractivity contribution in [1.82, 2.24) is 9.97 Å². The third kappa shape index (κ3) is 3.61. The lowest BCUT2D eigenvalue weighted by molar-refractivity contribution is 0.283. The first kappa shape index (κ1) is 14.6. The zero-order chi connectivity index (χ0) is 14.5. The average molecular weight is 293 g/mol. The molecule has 0 atom stereocenters. The van der Waals surface area contributed by atoms with Gasteiger partial charge in [0.1, 0.15) is 17.5 Å². The lowest BCUT2D eigenvalue weighted by Crippen LogP contribution is -2.05. The third-order valence-corrected chi connectivity index (χ3v) is 2.96. The van der Waals surface area contributed by atoms with Crippen molar-refractivity contribution in [1.29, 1.82) is 0 Å². The zero-order valence-electron chi connectivity index (χ0n) is 11.8. The van der Waals surface area contributed by atoms with Crippen LogP contribution in [0.15, 0.2) is 24.3 Å². The maximum Gasteiger partial charge on any atom is 0.218 e. The van der Waals surface area contributed by atoms with Gasteiger partial charge < -0.3 is 9.47 Å². The van der Waals surface area contributed by atoms with E-state index < -0.39 is 0 Å². The number of hydrogen-bond acceptors (Lipinski definition) is 4. The molecule has 0 radical (unpaired) electrons. The van der Waals surface area contributed by atoms with Crippen LogP contribution in [0.2, 0.25) is 5.15 Å². The van der Waals surface area contributed by atoms with E-state index in [-0.39, 0.29) is 6.61 Å². The molecule has 0 aliphatic carbocycles. The summed E-state index contributed by atoms with van der Waals surface area (Å²) >= 11 is 5.94. The molecule has 1 aromatic heterocycles. The summed E-state index contributed by atoms with van der Waals surface area (Å²) in [6, 6.07) is 7.60. The average Bonchev–Trinajstić information content (AvgIpc) is 2.38. The van der Waals surface area contributed by atoms with Gasteiger partial charge in [0.15, 0.2) is 5.82 Å². The number of benzene rings is 1. The molecule has 0 saturated heterocycles. The monoisotopic (exact) mass is 292 g/mol. The topological polar surface area (TPSA) is 44.2 Å². The standard InChI is InChI=1S/C15H17ClN2O2/c1-4-19-14-8-12(16)17-13(18-14)9-20-15-10(2)6-5-7-11(15)3/h5-8H,4,9H2,1-3H3. The van der Waals surface area contributed by atoms with Gasteiger partial charge >= 0.3 is 0 Å². The molecule has 0 amide bonds. The molecule has 0 N–H and O–H groups in total. The van der Waals surface area contributed by atoms with Gasteiger partial charge in [0.25, 0.3) is 0 Å². The molecule has 0 saturated carbocycles. The third-order valence-electron chi connectivity index (χ3n) is 2.76. The number of aromatic nitrogens is 2. The van der Waals surface area contributed by atoms with Gasteiger partial charge in [-0.3, -0.25) is 0 Å². The van der Waals surface area contributed by atoms with Gasteiger partial charge in [0, 0.05) is 6.07 Å². The molecule has 1 heterocycles. The van der Waals surface area contributed by atoms with Crippen LogP contribution in [0.3, 0.4) is 0 Å². The molecule has 0 aliphatic heterocycles. The molecule has 0 aliphatic rings. The van der Waals surface area contributed by atoms with Crippen LogP contribution < -0.4 is 9.47 Å². The first-order valence-electron chi connectivity index (χ1n) is 6.45. The van der Waals surface area contributed by atoms with Crippen molar-refractivity contribution in [2.24, 2.45) is 0 Å². The van der Waals surface area contributed by atoms with Gasteiger partial charge in [0.2, 0.25) is 5.88 Å². The van der Waals surface area contributed by atoms with E-state index in [9.17, 15) is 0 Å². The Morgan fingerprint density at radius 3 is 2.45 bits per heavy atom. The minimum absolute atomic E-state index is 0.256. The fourth-order valence-electron chi connectivity index (χ4n) is 1.89. The van der Waals surface area contributed by atoms with Gasteiger partial charge in [-0.05, 0) is 31.9 Å². The van der Waals surface area contributed by atoms with E-state index in [2.05, 4.69) is 9.97 Å². The molecule has 5 heteroatoms. The fourth-order valence-corrected chi connectivity index (χ4v) is 2.08. The van der Waals surface area contributed by atoms with Crippen LogP contribution in [0.25, 0.3) is 0 Å². The second-order valence-electron chi connectivity index (χ2n) is 4.39. The lowest BCUT2D eigenvalue weighted by atomic mass is 10.1. The quantitative estimate of drug-likeness (QED) is 0.788. The summed E-state index contributed by atoms with van der Waals surface area (Å²) in [5.41, 5.74) is 2.16. The van der Waals surface area contributed by atoms with Crippen molar-refractivity contribution in [2.75, 3.05) is 6.61 Å². The van der Waals surface area contributed by atoms with Crippen LogP contribution in [0, 0.1) is 13.8 Å². The van der Waals surface area contributed by atoms with Crippen molar-refractivity contribution in [3.63, 3.8) is 0 Å². The highest BCUT2D eigenvalue weighted by molar-refractivity contribution is 6.29. The number of aryl methyl sites for hydroxylation is 2. The summed E-state index contributed by atoms with van der Waals surface area (Å²) in [6.45, 7) is 6.69. The minimum atomic E-state index is 0.256. The summed E-state index contributed by atoms with van der Waals surface area (Å²) in [5, 5.41) is 0.351. The zero-order valence-corrected chi connectivity index (χ0v) is 12.6. The first-order chi connectivity index (χ1) is 9.60. The van der Waals surface area contributed by atoms with E-state index in [4.69, 9.17) is 21.1 Å². The van der Waals surface area contributed by atoms with Crippen molar-refractivity contribution < 1.29 is 9.47 Å². The SMILES string of the molecule is CCOc1cc(Cl)nc(COc2c(C)cccc2C)n1. The van der Waals surface area contributed by atoms with E-state index in [1.54, 1.807) is 6.07 Å². The molecule has 0 fully saturated rings. The Bertz CT molecular complexity index is 582. The summed E-state index contributed by atoms with van der Waals surface area (Å²) in [6.07, 6.45) is 0. The second kappa shape index (κ2) is 6.57. The molecule has 0 unspecified atom stereocenters. The molecule has 0 bridgehead atoms. The Balaban J connectivity index is 2.14. The molecular formula is C15H17ClN2O2. The molecule has 106 valence electrons. The highest BCUT2D eigenvalue weighted by Gasteiger charge is 2.08. The molecule has 20 heavy (non-hydrogen) atoms. The van der Waals surface area contributed by atoms with Gasteiger partial charge in [0.05, 0.1) is 6.61 Å².